The van der Waals surface area contributed by atoms with Crippen molar-refractivity contribution >= 4 is 11.6 Å². The van der Waals surface area contributed by atoms with Gasteiger partial charge in [0.1, 0.15) is 0 Å². The van der Waals surface area contributed by atoms with Crippen LogP contribution in [0.5, 0.6) is 0 Å². The van der Waals surface area contributed by atoms with Gasteiger partial charge in [-0.2, -0.15) is 0 Å². The van der Waals surface area contributed by atoms with E-state index in [1.54, 1.807) is 0 Å². The molecular weight excluding hydrogens is 238 g/mol. The van der Waals surface area contributed by atoms with Crippen LogP contribution in [0.4, 0.5) is 5.69 Å². The van der Waals surface area contributed by atoms with Crippen molar-refractivity contribution in [2.45, 2.75) is 31.7 Å². The summed E-state index contributed by atoms with van der Waals surface area (Å²) in [6, 6.07) is 8.08. The summed E-state index contributed by atoms with van der Waals surface area (Å²) in [5, 5.41) is 3.13. The second-order valence-electron chi connectivity index (χ2n) is 5.39. The molecule has 1 fully saturated rings. The molecule has 0 radical (unpaired) electrons. The number of nitrogen functional groups attached to an aromatic ring is 1. The van der Waals surface area contributed by atoms with E-state index in [1.807, 2.05) is 24.3 Å². The first-order chi connectivity index (χ1) is 9.13. The van der Waals surface area contributed by atoms with Crippen LogP contribution in [-0.4, -0.2) is 37.0 Å². The van der Waals surface area contributed by atoms with Crippen LogP contribution in [0.15, 0.2) is 24.3 Å². The molecule has 0 bridgehead atoms. The number of hydrogen-bond donors (Lipinski definition) is 2. The van der Waals surface area contributed by atoms with Crippen LogP contribution in [0.25, 0.3) is 0 Å². The Morgan fingerprint density at radius 1 is 1.32 bits per heavy atom. The molecule has 0 spiro atoms. The van der Waals surface area contributed by atoms with E-state index in [2.05, 4.69) is 17.3 Å². The highest BCUT2D eigenvalue weighted by atomic mass is 16.1. The minimum Gasteiger partial charge on any atom is -0.399 e. The van der Waals surface area contributed by atoms with Crippen molar-refractivity contribution in [3.05, 3.63) is 29.8 Å². The maximum atomic E-state index is 11.9. The first-order valence-corrected chi connectivity index (χ1v) is 6.96. The number of carbonyl (C=O) groups is 1. The van der Waals surface area contributed by atoms with Gasteiger partial charge in [-0.05, 0) is 57.1 Å². The molecule has 1 aliphatic rings. The van der Waals surface area contributed by atoms with Crippen molar-refractivity contribution in [1.82, 2.24) is 10.2 Å². The Labute approximate surface area is 115 Å². The molecule has 0 saturated carbocycles. The zero-order chi connectivity index (χ0) is 13.7. The summed E-state index contributed by atoms with van der Waals surface area (Å²) >= 11 is 0. The van der Waals surface area contributed by atoms with Gasteiger partial charge >= 0.3 is 0 Å². The Balaban J connectivity index is 1.71. The molecule has 1 aliphatic heterocycles. The number of anilines is 1. The molecule has 1 aromatic rings. The summed E-state index contributed by atoms with van der Waals surface area (Å²) < 4.78 is 0. The summed E-state index contributed by atoms with van der Waals surface area (Å²) in [6.07, 6.45) is 3.45. The van der Waals surface area contributed by atoms with E-state index in [9.17, 15) is 4.79 Å². The molecule has 2 rings (SSSR count). The van der Waals surface area contributed by atoms with E-state index in [0.717, 1.165) is 43.6 Å². The van der Waals surface area contributed by atoms with Gasteiger partial charge in [0, 0.05) is 18.2 Å². The van der Waals surface area contributed by atoms with Crippen molar-refractivity contribution in [2.75, 3.05) is 25.9 Å². The van der Waals surface area contributed by atoms with E-state index in [-0.39, 0.29) is 5.91 Å². The van der Waals surface area contributed by atoms with Gasteiger partial charge in [0.2, 0.25) is 5.91 Å². The van der Waals surface area contributed by atoms with Crippen LogP contribution < -0.4 is 11.1 Å². The SMILES string of the molecule is CN1CCC(NC(=O)CCc2ccc(N)cc2)CC1. The number of nitrogens with zero attached hydrogens (tertiary/aromatic N) is 1. The number of hydrogen-bond acceptors (Lipinski definition) is 3. The molecule has 0 aliphatic carbocycles. The third kappa shape index (κ3) is 4.56. The van der Waals surface area contributed by atoms with Crippen molar-refractivity contribution in [3.8, 4) is 0 Å². The van der Waals surface area contributed by atoms with Gasteiger partial charge in [0.25, 0.3) is 0 Å². The number of benzene rings is 1. The number of piperidine rings is 1. The van der Waals surface area contributed by atoms with Gasteiger partial charge < -0.3 is 16.0 Å². The Morgan fingerprint density at radius 2 is 1.95 bits per heavy atom. The molecule has 1 saturated heterocycles. The lowest BCUT2D eigenvalue weighted by Gasteiger charge is -2.29. The van der Waals surface area contributed by atoms with Crippen molar-refractivity contribution in [1.29, 1.82) is 0 Å². The lowest BCUT2D eigenvalue weighted by atomic mass is 10.0. The number of likely N-dealkylation sites (tertiary alicyclic amines) is 1. The molecule has 1 aromatic carbocycles. The fourth-order valence-electron chi connectivity index (χ4n) is 2.39. The first kappa shape index (κ1) is 13.9. The molecule has 0 atom stereocenters. The molecule has 104 valence electrons. The number of aryl methyl sites for hydroxylation is 1. The number of carbonyl (C=O) groups excluding carboxylic acids is 1. The molecule has 4 heteroatoms. The highest BCUT2D eigenvalue weighted by Crippen LogP contribution is 2.10. The van der Waals surface area contributed by atoms with Crippen molar-refractivity contribution in [2.24, 2.45) is 0 Å². The van der Waals surface area contributed by atoms with Gasteiger partial charge in [-0.25, -0.2) is 0 Å². The highest BCUT2D eigenvalue weighted by Gasteiger charge is 2.17. The van der Waals surface area contributed by atoms with E-state index < -0.39 is 0 Å². The maximum Gasteiger partial charge on any atom is 0.220 e. The average molecular weight is 261 g/mol. The van der Waals surface area contributed by atoms with Crippen LogP contribution in [0.2, 0.25) is 0 Å². The highest BCUT2D eigenvalue weighted by molar-refractivity contribution is 5.76. The number of nitrogens with two attached hydrogens (primary N) is 1. The van der Waals surface area contributed by atoms with Gasteiger partial charge in [0.05, 0.1) is 0 Å². The lowest BCUT2D eigenvalue weighted by Crippen LogP contribution is -2.43. The number of rotatable bonds is 4. The quantitative estimate of drug-likeness (QED) is 0.806. The topological polar surface area (TPSA) is 58.4 Å². The van der Waals surface area contributed by atoms with Gasteiger partial charge in [0.15, 0.2) is 0 Å². The summed E-state index contributed by atoms with van der Waals surface area (Å²) in [7, 11) is 2.12. The van der Waals surface area contributed by atoms with Crippen LogP contribution in [-0.2, 0) is 11.2 Å². The molecular formula is C15H23N3O. The fraction of sp³-hybridized carbons (Fsp3) is 0.533. The summed E-state index contributed by atoms with van der Waals surface area (Å²) in [4.78, 5) is 14.2. The molecule has 1 amide bonds. The minimum atomic E-state index is 0.159. The third-order valence-corrected chi connectivity index (χ3v) is 3.70. The first-order valence-electron chi connectivity index (χ1n) is 6.96. The fourth-order valence-corrected chi connectivity index (χ4v) is 2.39. The van der Waals surface area contributed by atoms with E-state index in [1.165, 1.54) is 0 Å². The predicted octanol–water partition coefficient (Wildman–Crippen LogP) is 1.41. The molecule has 3 N–H and O–H groups in total. The smallest absolute Gasteiger partial charge is 0.220 e. The largest absolute Gasteiger partial charge is 0.399 e. The van der Waals surface area contributed by atoms with Crippen molar-refractivity contribution < 1.29 is 4.79 Å². The van der Waals surface area contributed by atoms with E-state index >= 15 is 0 Å². The number of nitrogens with one attached hydrogen (secondary N) is 1. The van der Waals surface area contributed by atoms with Crippen molar-refractivity contribution in [3.63, 3.8) is 0 Å². The van der Waals surface area contributed by atoms with E-state index in [4.69, 9.17) is 5.73 Å². The Hall–Kier alpha value is -1.55. The monoisotopic (exact) mass is 261 g/mol. The van der Waals surface area contributed by atoms with Crippen LogP contribution in [0.3, 0.4) is 0 Å². The summed E-state index contributed by atoms with van der Waals surface area (Å²) in [6.45, 7) is 2.14. The Kier molecular flexibility index (Phi) is 4.80. The Bertz CT molecular complexity index is 408. The second-order valence-corrected chi connectivity index (χ2v) is 5.39. The molecule has 19 heavy (non-hydrogen) atoms. The van der Waals surface area contributed by atoms with Crippen LogP contribution in [0, 0.1) is 0 Å². The minimum absolute atomic E-state index is 0.159. The van der Waals surface area contributed by atoms with Gasteiger partial charge in [-0.1, -0.05) is 12.1 Å². The van der Waals surface area contributed by atoms with Crippen LogP contribution >= 0.6 is 0 Å². The zero-order valence-electron chi connectivity index (χ0n) is 11.6. The number of amides is 1. The standard InChI is InChI=1S/C15H23N3O/c1-18-10-8-14(9-11-18)17-15(19)7-4-12-2-5-13(16)6-3-12/h2-3,5-6,14H,4,7-11,16H2,1H3,(H,17,19). The predicted molar refractivity (Wildman–Crippen MR) is 77.8 cm³/mol. The maximum absolute atomic E-state index is 11.9. The Morgan fingerprint density at radius 3 is 2.58 bits per heavy atom. The van der Waals surface area contributed by atoms with Gasteiger partial charge in [-0.15, -0.1) is 0 Å². The van der Waals surface area contributed by atoms with Crippen LogP contribution in [0.1, 0.15) is 24.8 Å². The molecule has 1 heterocycles. The third-order valence-electron chi connectivity index (χ3n) is 3.70. The van der Waals surface area contributed by atoms with E-state index in [0.29, 0.717) is 12.5 Å². The average Bonchev–Trinajstić information content (AvgIpc) is 2.41. The normalized spacial score (nSPS) is 17.3. The summed E-state index contributed by atoms with van der Waals surface area (Å²) in [5.41, 5.74) is 7.56. The lowest BCUT2D eigenvalue weighted by molar-refractivity contribution is -0.122. The zero-order valence-corrected chi connectivity index (χ0v) is 11.6. The second kappa shape index (κ2) is 6.57. The van der Waals surface area contributed by atoms with Gasteiger partial charge in [-0.3, -0.25) is 4.79 Å². The molecule has 0 unspecified atom stereocenters. The molecule has 0 aromatic heterocycles. The summed E-state index contributed by atoms with van der Waals surface area (Å²) in [5.74, 6) is 0.159. The molecule has 4 nitrogen and oxygen atoms in total.